The Balaban J connectivity index is 2.11. The molecule has 2 rings (SSSR count). The number of rotatable bonds is 5. The summed E-state index contributed by atoms with van der Waals surface area (Å²) < 4.78 is 0.760. The van der Waals surface area contributed by atoms with E-state index in [4.69, 9.17) is 0 Å². The van der Waals surface area contributed by atoms with Gasteiger partial charge in [0.05, 0.1) is 5.56 Å². The number of benzene rings is 2. The van der Waals surface area contributed by atoms with Gasteiger partial charge < -0.3 is 10.4 Å². The predicted molar refractivity (Wildman–Crippen MR) is 84.3 cm³/mol. The quantitative estimate of drug-likeness (QED) is 0.862. The monoisotopic (exact) mass is 333 g/mol. The molecule has 4 heteroatoms. The van der Waals surface area contributed by atoms with Gasteiger partial charge in [-0.25, -0.2) is 4.79 Å². The van der Waals surface area contributed by atoms with Crippen LogP contribution in [-0.4, -0.2) is 17.1 Å². The van der Waals surface area contributed by atoms with Gasteiger partial charge in [-0.3, -0.25) is 0 Å². The highest BCUT2D eigenvalue weighted by molar-refractivity contribution is 9.10. The fraction of sp³-hybridized carbons (Fsp3) is 0.188. The van der Waals surface area contributed by atoms with Crippen LogP contribution in [0.5, 0.6) is 0 Å². The number of aromatic carboxylic acids is 1. The van der Waals surface area contributed by atoms with E-state index in [1.807, 2.05) is 31.2 Å². The molecule has 0 heterocycles. The normalized spacial score (nSPS) is 11.9. The summed E-state index contributed by atoms with van der Waals surface area (Å²) in [5, 5.41) is 12.5. The van der Waals surface area contributed by atoms with Gasteiger partial charge in [0.25, 0.3) is 0 Å². The van der Waals surface area contributed by atoms with Crippen molar-refractivity contribution in [2.75, 3.05) is 5.32 Å². The summed E-state index contributed by atoms with van der Waals surface area (Å²) in [7, 11) is 0. The van der Waals surface area contributed by atoms with Crippen molar-refractivity contribution < 1.29 is 9.90 Å². The van der Waals surface area contributed by atoms with E-state index in [0.29, 0.717) is 5.69 Å². The SMILES string of the molecule is CC(Cc1ccccc1)Nc1ccc(Br)cc1C(=O)O. The maximum Gasteiger partial charge on any atom is 0.337 e. The number of carbonyl (C=O) groups is 1. The Bertz CT molecular complexity index is 599. The van der Waals surface area contributed by atoms with Crippen molar-refractivity contribution in [1.29, 1.82) is 0 Å². The Labute approximate surface area is 126 Å². The van der Waals surface area contributed by atoms with Gasteiger partial charge in [-0.15, -0.1) is 0 Å². The average Bonchev–Trinajstić information content (AvgIpc) is 2.41. The highest BCUT2D eigenvalue weighted by Crippen LogP contribution is 2.22. The summed E-state index contributed by atoms with van der Waals surface area (Å²) in [5.41, 5.74) is 2.14. The molecule has 3 nitrogen and oxygen atoms in total. The van der Waals surface area contributed by atoms with Gasteiger partial charge in [0.2, 0.25) is 0 Å². The highest BCUT2D eigenvalue weighted by Gasteiger charge is 2.12. The molecule has 0 spiro atoms. The molecule has 2 aromatic carbocycles. The lowest BCUT2D eigenvalue weighted by atomic mass is 10.1. The van der Waals surface area contributed by atoms with Gasteiger partial charge in [-0.1, -0.05) is 46.3 Å². The number of carboxylic acids is 1. The molecule has 2 N–H and O–H groups in total. The zero-order valence-electron chi connectivity index (χ0n) is 11.1. The van der Waals surface area contributed by atoms with Crippen LogP contribution < -0.4 is 5.32 Å². The Morgan fingerprint density at radius 3 is 2.60 bits per heavy atom. The maximum absolute atomic E-state index is 11.3. The van der Waals surface area contributed by atoms with Crippen LogP contribution in [0.1, 0.15) is 22.8 Å². The predicted octanol–water partition coefficient (Wildman–Crippen LogP) is 4.19. The second-order valence-electron chi connectivity index (χ2n) is 4.73. The summed E-state index contributed by atoms with van der Waals surface area (Å²) in [5.74, 6) is -0.930. The molecule has 0 aromatic heterocycles. The number of carboxylic acid groups (broad SMARTS) is 1. The summed E-state index contributed by atoms with van der Waals surface area (Å²) in [4.78, 5) is 11.3. The molecule has 104 valence electrons. The summed E-state index contributed by atoms with van der Waals surface area (Å²) in [6, 6.07) is 15.5. The molecule has 0 amide bonds. The van der Waals surface area contributed by atoms with Crippen LogP contribution >= 0.6 is 15.9 Å². The van der Waals surface area contributed by atoms with Crippen LogP contribution in [0, 0.1) is 0 Å². The van der Waals surface area contributed by atoms with E-state index in [1.54, 1.807) is 12.1 Å². The fourth-order valence-corrected chi connectivity index (χ4v) is 2.46. The lowest BCUT2D eigenvalue weighted by molar-refractivity contribution is 0.0698. The molecular formula is C16H16BrNO2. The molecule has 0 aliphatic carbocycles. The van der Waals surface area contributed by atoms with Crippen LogP contribution in [-0.2, 0) is 6.42 Å². The van der Waals surface area contributed by atoms with Gasteiger partial charge in [0, 0.05) is 16.2 Å². The first-order valence-electron chi connectivity index (χ1n) is 6.39. The second-order valence-corrected chi connectivity index (χ2v) is 5.65. The molecule has 20 heavy (non-hydrogen) atoms. The minimum Gasteiger partial charge on any atom is -0.478 e. The number of anilines is 1. The summed E-state index contributed by atoms with van der Waals surface area (Å²) >= 11 is 3.29. The Hall–Kier alpha value is -1.81. The first-order valence-corrected chi connectivity index (χ1v) is 7.19. The van der Waals surface area contributed by atoms with E-state index >= 15 is 0 Å². The van der Waals surface area contributed by atoms with Gasteiger partial charge >= 0.3 is 5.97 Å². The third kappa shape index (κ3) is 3.84. The van der Waals surface area contributed by atoms with E-state index in [1.165, 1.54) is 5.56 Å². The third-order valence-electron chi connectivity index (χ3n) is 3.00. The van der Waals surface area contributed by atoms with E-state index in [9.17, 15) is 9.90 Å². The third-order valence-corrected chi connectivity index (χ3v) is 3.49. The lowest BCUT2D eigenvalue weighted by Gasteiger charge is -2.17. The zero-order valence-corrected chi connectivity index (χ0v) is 12.7. The molecular weight excluding hydrogens is 318 g/mol. The van der Waals surface area contributed by atoms with Crippen molar-refractivity contribution in [3.05, 3.63) is 64.1 Å². The number of halogens is 1. The van der Waals surface area contributed by atoms with Crippen LogP contribution in [0.4, 0.5) is 5.69 Å². The average molecular weight is 334 g/mol. The Morgan fingerprint density at radius 2 is 1.95 bits per heavy atom. The topological polar surface area (TPSA) is 49.3 Å². The molecule has 0 fully saturated rings. The number of hydrogen-bond donors (Lipinski definition) is 2. The lowest BCUT2D eigenvalue weighted by Crippen LogP contribution is -2.19. The minimum absolute atomic E-state index is 0.150. The standard InChI is InChI=1S/C16H16BrNO2/c1-11(9-12-5-3-2-4-6-12)18-15-8-7-13(17)10-14(15)16(19)20/h2-8,10-11,18H,9H2,1H3,(H,19,20). The van der Waals surface area contributed by atoms with Crippen molar-refractivity contribution >= 4 is 27.6 Å². The summed E-state index contributed by atoms with van der Waals surface area (Å²) in [6.07, 6.45) is 0.843. The van der Waals surface area contributed by atoms with Crippen molar-refractivity contribution in [3.8, 4) is 0 Å². The van der Waals surface area contributed by atoms with E-state index < -0.39 is 5.97 Å². The zero-order chi connectivity index (χ0) is 14.5. The van der Waals surface area contributed by atoms with E-state index in [-0.39, 0.29) is 11.6 Å². The van der Waals surface area contributed by atoms with Crippen molar-refractivity contribution in [2.24, 2.45) is 0 Å². The van der Waals surface area contributed by atoms with Gasteiger partial charge in [0.15, 0.2) is 0 Å². The first-order chi connectivity index (χ1) is 9.56. The highest BCUT2D eigenvalue weighted by atomic mass is 79.9. The van der Waals surface area contributed by atoms with Crippen molar-refractivity contribution in [2.45, 2.75) is 19.4 Å². The largest absolute Gasteiger partial charge is 0.478 e. The Kier molecular flexibility index (Phi) is 4.79. The van der Waals surface area contributed by atoms with Crippen LogP contribution in [0.15, 0.2) is 53.0 Å². The molecule has 0 radical (unpaired) electrons. The van der Waals surface area contributed by atoms with Crippen LogP contribution in [0.3, 0.4) is 0 Å². The van der Waals surface area contributed by atoms with Crippen LogP contribution in [0.25, 0.3) is 0 Å². The molecule has 0 saturated heterocycles. The number of hydrogen-bond acceptors (Lipinski definition) is 2. The molecule has 2 aromatic rings. The molecule has 0 aliphatic heterocycles. The minimum atomic E-state index is -0.930. The van der Waals surface area contributed by atoms with Crippen LogP contribution in [0.2, 0.25) is 0 Å². The molecule has 1 unspecified atom stereocenters. The number of nitrogens with one attached hydrogen (secondary N) is 1. The Morgan fingerprint density at radius 1 is 1.25 bits per heavy atom. The van der Waals surface area contributed by atoms with Gasteiger partial charge in [-0.2, -0.15) is 0 Å². The molecule has 1 atom stereocenters. The smallest absolute Gasteiger partial charge is 0.337 e. The van der Waals surface area contributed by atoms with Crippen molar-refractivity contribution in [1.82, 2.24) is 0 Å². The summed E-state index contributed by atoms with van der Waals surface area (Å²) in [6.45, 7) is 2.04. The van der Waals surface area contributed by atoms with Crippen molar-refractivity contribution in [3.63, 3.8) is 0 Å². The van der Waals surface area contributed by atoms with E-state index in [0.717, 1.165) is 10.9 Å². The maximum atomic E-state index is 11.3. The fourth-order valence-electron chi connectivity index (χ4n) is 2.10. The molecule has 0 aliphatic rings. The molecule has 0 bridgehead atoms. The first kappa shape index (κ1) is 14.6. The van der Waals surface area contributed by atoms with Gasteiger partial charge in [-0.05, 0) is 37.1 Å². The molecule has 0 saturated carbocycles. The van der Waals surface area contributed by atoms with Gasteiger partial charge in [0.1, 0.15) is 0 Å². The second kappa shape index (κ2) is 6.57. The van der Waals surface area contributed by atoms with E-state index in [2.05, 4.69) is 33.4 Å².